The highest BCUT2D eigenvalue weighted by Gasteiger charge is 2.13. The minimum atomic E-state index is -0.775. The minimum absolute atomic E-state index is 0.132. The van der Waals surface area contributed by atoms with Crippen molar-refractivity contribution in [1.82, 2.24) is 4.98 Å². The molecule has 0 aliphatic carbocycles. The zero-order chi connectivity index (χ0) is 13.9. The van der Waals surface area contributed by atoms with Crippen LogP contribution in [0.3, 0.4) is 0 Å². The molecule has 100 valence electrons. The van der Waals surface area contributed by atoms with Gasteiger partial charge in [0.1, 0.15) is 0 Å². The Morgan fingerprint density at radius 3 is 2.45 bits per heavy atom. The first-order valence-electron chi connectivity index (χ1n) is 6.62. The van der Waals surface area contributed by atoms with Gasteiger partial charge in [0.25, 0.3) is 0 Å². The molecule has 0 amide bonds. The van der Waals surface area contributed by atoms with E-state index in [1.807, 2.05) is 36.4 Å². The molecule has 0 fully saturated rings. The van der Waals surface area contributed by atoms with Crippen molar-refractivity contribution in [2.75, 3.05) is 0 Å². The van der Waals surface area contributed by atoms with E-state index in [0.717, 1.165) is 27.7 Å². The van der Waals surface area contributed by atoms with Crippen molar-refractivity contribution in [3.8, 4) is 11.1 Å². The number of carboxylic acid groups (broad SMARTS) is 1. The first-order chi connectivity index (χ1) is 9.75. The van der Waals surface area contributed by atoms with Gasteiger partial charge >= 0.3 is 5.97 Å². The minimum Gasteiger partial charge on any atom is -0.481 e. The number of hydrogen-bond donors (Lipinski definition) is 2. The predicted octanol–water partition coefficient (Wildman–Crippen LogP) is 3.85. The van der Waals surface area contributed by atoms with E-state index in [-0.39, 0.29) is 6.42 Å². The topological polar surface area (TPSA) is 53.1 Å². The van der Waals surface area contributed by atoms with E-state index in [1.54, 1.807) is 0 Å². The van der Waals surface area contributed by atoms with Crippen LogP contribution in [-0.4, -0.2) is 16.1 Å². The van der Waals surface area contributed by atoms with Gasteiger partial charge in [0.2, 0.25) is 0 Å². The Hall–Kier alpha value is -2.55. The molecule has 0 aliphatic heterocycles. The second-order valence-electron chi connectivity index (χ2n) is 4.78. The quantitative estimate of drug-likeness (QED) is 0.752. The van der Waals surface area contributed by atoms with Crippen molar-refractivity contribution in [3.05, 3.63) is 60.3 Å². The summed E-state index contributed by atoms with van der Waals surface area (Å²) in [6.45, 7) is 0. The first-order valence-corrected chi connectivity index (χ1v) is 6.62. The summed E-state index contributed by atoms with van der Waals surface area (Å²) in [5.74, 6) is -0.775. The Labute approximate surface area is 116 Å². The second-order valence-corrected chi connectivity index (χ2v) is 4.78. The fraction of sp³-hybridized carbons (Fsp3) is 0.118. The number of rotatable bonds is 4. The fourth-order valence-electron chi connectivity index (χ4n) is 2.55. The summed E-state index contributed by atoms with van der Waals surface area (Å²) < 4.78 is 0. The molecule has 20 heavy (non-hydrogen) atoms. The van der Waals surface area contributed by atoms with Gasteiger partial charge in [0, 0.05) is 22.2 Å². The number of carboxylic acids is 1. The first kappa shape index (κ1) is 12.5. The van der Waals surface area contributed by atoms with Gasteiger partial charge in [0.15, 0.2) is 0 Å². The largest absolute Gasteiger partial charge is 0.481 e. The number of aromatic nitrogens is 1. The molecule has 2 N–H and O–H groups in total. The number of nitrogens with one attached hydrogen (secondary N) is 1. The van der Waals surface area contributed by atoms with Gasteiger partial charge in [-0.15, -0.1) is 0 Å². The Morgan fingerprint density at radius 1 is 1.00 bits per heavy atom. The van der Waals surface area contributed by atoms with Crippen LogP contribution < -0.4 is 0 Å². The number of carbonyl (C=O) groups is 1. The number of aliphatic carboxylic acids is 1. The molecule has 1 heterocycles. The van der Waals surface area contributed by atoms with E-state index in [4.69, 9.17) is 5.11 Å². The number of aromatic amines is 1. The van der Waals surface area contributed by atoms with Gasteiger partial charge in [0.05, 0.1) is 6.42 Å². The number of benzene rings is 2. The molecule has 3 nitrogen and oxygen atoms in total. The molecule has 3 rings (SSSR count). The average Bonchev–Trinajstić information content (AvgIpc) is 2.84. The van der Waals surface area contributed by atoms with Crippen molar-refractivity contribution in [3.63, 3.8) is 0 Å². The van der Waals surface area contributed by atoms with Gasteiger partial charge in [-0.05, 0) is 18.1 Å². The van der Waals surface area contributed by atoms with Crippen LogP contribution in [0.4, 0.5) is 0 Å². The Morgan fingerprint density at radius 2 is 1.70 bits per heavy atom. The lowest BCUT2D eigenvalue weighted by molar-refractivity contribution is -0.136. The van der Waals surface area contributed by atoms with Crippen LogP contribution in [0.5, 0.6) is 0 Å². The molecule has 0 unspecified atom stereocenters. The van der Waals surface area contributed by atoms with E-state index in [2.05, 4.69) is 23.2 Å². The molecule has 3 aromatic rings. The van der Waals surface area contributed by atoms with Gasteiger partial charge in [-0.25, -0.2) is 0 Å². The normalized spacial score (nSPS) is 10.8. The highest BCUT2D eigenvalue weighted by atomic mass is 16.4. The number of fused-ring (bicyclic) bond motifs is 1. The molecule has 0 bridgehead atoms. The summed E-state index contributed by atoms with van der Waals surface area (Å²) >= 11 is 0. The Balaban J connectivity index is 2.16. The maximum atomic E-state index is 10.8. The van der Waals surface area contributed by atoms with E-state index in [1.165, 1.54) is 0 Å². The van der Waals surface area contributed by atoms with Gasteiger partial charge in [-0.3, -0.25) is 4.79 Å². The second kappa shape index (κ2) is 5.21. The Kier molecular flexibility index (Phi) is 3.25. The van der Waals surface area contributed by atoms with E-state index < -0.39 is 5.97 Å². The summed E-state index contributed by atoms with van der Waals surface area (Å²) in [5.41, 5.74) is 4.26. The van der Waals surface area contributed by atoms with Crippen LogP contribution in [0.15, 0.2) is 54.6 Å². The molecule has 0 radical (unpaired) electrons. The maximum absolute atomic E-state index is 10.8. The third-order valence-electron chi connectivity index (χ3n) is 3.44. The highest BCUT2D eigenvalue weighted by molar-refractivity contribution is 5.97. The zero-order valence-electron chi connectivity index (χ0n) is 11.0. The van der Waals surface area contributed by atoms with Crippen LogP contribution in [0.2, 0.25) is 0 Å². The summed E-state index contributed by atoms with van der Waals surface area (Å²) in [4.78, 5) is 14.2. The van der Waals surface area contributed by atoms with Crippen molar-refractivity contribution < 1.29 is 9.90 Å². The molecular formula is C17H15NO2. The third kappa shape index (κ3) is 2.30. The van der Waals surface area contributed by atoms with E-state index in [0.29, 0.717) is 6.42 Å². The molecule has 1 aromatic heterocycles. The average molecular weight is 265 g/mol. The zero-order valence-corrected chi connectivity index (χ0v) is 11.0. The molecule has 2 aromatic carbocycles. The predicted molar refractivity (Wildman–Crippen MR) is 79.7 cm³/mol. The molecule has 0 aliphatic rings. The third-order valence-corrected chi connectivity index (χ3v) is 3.44. The summed E-state index contributed by atoms with van der Waals surface area (Å²) in [6.07, 6.45) is 0.640. The van der Waals surface area contributed by atoms with Crippen molar-refractivity contribution in [2.45, 2.75) is 12.8 Å². The van der Waals surface area contributed by atoms with Crippen LogP contribution in [0.25, 0.3) is 22.0 Å². The van der Waals surface area contributed by atoms with Crippen molar-refractivity contribution in [1.29, 1.82) is 0 Å². The van der Waals surface area contributed by atoms with Gasteiger partial charge < -0.3 is 10.1 Å². The van der Waals surface area contributed by atoms with E-state index >= 15 is 0 Å². The van der Waals surface area contributed by atoms with Gasteiger partial charge in [-0.2, -0.15) is 0 Å². The lowest BCUT2D eigenvalue weighted by Crippen LogP contribution is -1.98. The summed E-state index contributed by atoms with van der Waals surface area (Å²) in [6, 6.07) is 18.2. The highest BCUT2D eigenvalue weighted by Crippen LogP contribution is 2.32. The summed E-state index contributed by atoms with van der Waals surface area (Å²) in [5, 5.41) is 10.0. The molecule has 0 saturated heterocycles. The van der Waals surface area contributed by atoms with Crippen LogP contribution in [0.1, 0.15) is 12.1 Å². The standard InChI is InChI=1S/C17H15NO2/c19-16(20)11-10-15-17(12-6-2-1-3-7-12)13-8-4-5-9-14(13)18-15/h1-9,18H,10-11H2,(H,19,20). The molecular weight excluding hydrogens is 250 g/mol. The van der Waals surface area contributed by atoms with Crippen molar-refractivity contribution in [2.24, 2.45) is 0 Å². The number of H-pyrrole nitrogens is 1. The number of para-hydroxylation sites is 1. The van der Waals surface area contributed by atoms with Gasteiger partial charge in [-0.1, -0.05) is 48.5 Å². The smallest absolute Gasteiger partial charge is 0.303 e. The monoisotopic (exact) mass is 265 g/mol. The molecule has 0 saturated carbocycles. The van der Waals surface area contributed by atoms with Crippen LogP contribution in [-0.2, 0) is 11.2 Å². The summed E-state index contributed by atoms with van der Waals surface area (Å²) in [7, 11) is 0. The Bertz CT molecular complexity index is 744. The maximum Gasteiger partial charge on any atom is 0.303 e. The molecule has 0 atom stereocenters. The van der Waals surface area contributed by atoms with Crippen LogP contribution in [0, 0.1) is 0 Å². The lowest BCUT2D eigenvalue weighted by Gasteiger charge is -2.04. The SMILES string of the molecule is O=C(O)CCc1[nH]c2ccccc2c1-c1ccccc1. The van der Waals surface area contributed by atoms with Crippen LogP contribution >= 0.6 is 0 Å². The molecule has 3 heteroatoms. The lowest BCUT2D eigenvalue weighted by atomic mass is 10.00. The van der Waals surface area contributed by atoms with E-state index in [9.17, 15) is 4.79 Å². The van der Waals surface area contributed by atoms with Crippen molar-refractivity contribution >= 4 is 16.9 Å². The molecule has 0 spiro atoms. The number of hydrogen-bond acceptors (Lipinski definition) is 1. The number of aryl methyl sites for hydroxylation is 1. The fourth-order valence-corrected chi connectivity index (χ4v) is 2.55.